The number of aliphatic hydroxyl groups excluding tert-OH is 1. The SMILES string of the molecule is O[C@H]1CCCN(c2ccnc(N3CCN(c4nsc5ccccc45)CC3)n2)C1. The third kappa shape index (κ3) is 3.38. The molecule has 4 heterocycles. The van der Waals surface area contributed by atoms with Crippen molar-refractivity contribution in [3.8, 4) is 0 Å². The topological polar surface area (TPSA) is 68.6 Å². The lowest BCUT2D eigenvalue weighted by molar-refractivity contribution is 0.154. The zero-order valence-corrected chi connectivity index (χ0v) is 16.6. The van der Waals surface area contributed by atoms with Crippen LogP contribution in [0.5, 0.6) is 0 Å². The Bertz CT molecular complexity index is 955. The fourth-order valence-electron chi connectivity index (χ4n) is 4.05. The van der Waals surface area contributed by atoms with Crippen molar-refractivity contribution in [1.82, 2.24) is 14.3 Å². The van der Waals surface area contributed by atoms with E-state index in [1.54, 1.807) is 11.5 Å². The van der Waals surface area contributed by atoms with Crippen LogP contribution >= 0.6 is 11.5 Å². The highest BCUT2D eigenvalue weighted by Crippen LogP contribution is 2.30. The van der Waals surface area contributed by atoms with Gasteiger partial charge in [-0.05, 0) is 42.6 Å². The first kappa shape index (κ1) is 17.6. The number of fused-ring (bicyclic) bond motifs is 1. The van der Waals surface area contributed by atoms with Gasteiger partial charge in [-0.25, -0.2) is 4.98 Å². The molecule has 1 atom stereocenters. The molecular formula is C20H24N6OS. The number of benzene rings is 1. The summed E-state index contributed by atoms with van der Waals surface area (Å²) in [7, 11) is 0. The number of β-amino-alcohol motifs (C(OH)–C–C–N with tert-alkyl or cyclic N) is 1. The molecule has 7 nitrogen and oxygen atoms in total. The van der Waals surface area contributed by atoms with Crippen LogP contribution in [0.3, 0.4) is 0 Å². The average molecular weight is 397 g/mol. The summed E-state index contributed by atoms with van der Waals surface area (Å²) in [6, 6.07) is 10.4. The predicted molar refractivity (Wildman–Crippen MR) is 114 cm³/mol. The van der Waals surface area contributed by atoms with Gasteiger partial charge in [0.05, 0.1) is 10.8 Å². The molecule has 0 amide bonds. The first-order valence-electron chi connectivity index (χ1n) is 9.88. The molecule has 0 radical (unpaired) electrons. The Morgan fingerprint density at radius 1 is 0.964 bits per heavy atom. The molecule has 3 aromatic rings. The van der Waals surface area contributed by atoms with Gasteiger partial charge < -0.3 is 19.8 Å². The van der Waals surface area contributed by atoms with Gasteiger partial charge in [0.15, 0.2) is 0 Å². The molecule has 1 N–H and O–H groups in total. The quantitative estimate of drug-likeness (QED) is 0.729. The van der Waals surface area contributed by atoms with Gasteiger partial charge in [-0.2, -0.15) is 9.36 Å². The summed E-state index contributed by atoms with van der Waals surface area (Å²) >= 11 is 1.57. The maximum atomic E-state index is 9.95. The van der Waals surface area contributed by atoms with Crippen molar-refractivity contribution >= 4 is 39.2 Å². The highest BCUT2D eigenvalue weighted by Gasteiger charge is 2.24. The van der Waals surface area contributed by atoms with Gasteiger partial charge in [-0.15, -0.1) is 0 Å². The monoisotopic (exact) mass is 396 g/mol. The van der Waals surface area contributed by atoms with Crippen molar-refractivity contribution in [2.45, 2.75) is 18.9 Å². The van der Waals surface area contributed by atoms with Gasteiger partial charge >= 0.3 is 0 Å². The minimum Gasteiger partial charge on any atom is -0.391 e. The van der Waals surface area contributed by atoms with E-state index in [1.165, 1.54) is 10.1 Å². The van der Waals surface area contributed by atoms with Crippen molar-refractivity contribution in [3.63, 3.8) is 0 Å². The number of hydrogen-bond donors (Lipinski definition) is 1. The standard InChI is InChI=1S/C20H24N6OS/c27-15-4-3-9-26(14-15)18-7-8-21-20(22-18)25-12-10-24(11-13-25)19-16-5-1-2-6-17(16)28-23-19/h1-2,5-8,15,27H,3-4,9-14H2/t15-/m0/s1. The number of anilines is 3. The molecule has 2 saturated heterocycles. The molecule has 2 aromatic heterocycles. The molecule has 0 unspecified atom stereocenters. The fraction of sp³-hybridized carbons (Fsp3) is 0.450. The van der Waals surface area contributed by atoms with Crippen molar-refractivity contribution in [1.29, 1.82) is 0 Å². The minimum atomic E-state index is -0.261. The van der Waals surface area contributed by atoms with E-state index in [1.807, 2.05) is 12.3 Å². The molecule has 2 aliphatic heterocycles. The van der Waals surface area contributed by atoms with Gasteiger partial charge in [-0.1, -0.05) is 12.1 Å². The molecule has 2 aliphatic rings. The Hall–Kier alpha value is -2.45. The number of piperidine rings is 1. The summed E-state index contributed by atoms with van der Waals surface area (Å²) in [5, 5.41) is 11.2. The summed E-state index contributed by atoms with van der Waals surface area (Å²) in [4.78, 5) is 16.1. The summed E-state index contributed by atoms with van der Waals surface area (Å²) < 4.78 is 5.92. The summed E-state index contributed by atoms with van der Waals surface area (Å²) in [5.41, 5.74) is 0. The van der Waals surface area contributed by atoms with Gasteiger partial charge in [-0.3, -0.25) is 0 Å². The molecule has 5 rings (SSSR count). The number of rotatable bonds is 3. The average Bonchev–Trinajstić information content (AvgIpc) is 3.18. The van der Waals surface area contributed by atoms with Crippen LogP contribution in [0.2, 0.25) is 0 Å². The van der Waals surface area contributed by atoms with E-state index >= 15 is 0 Å². The lowest BCUT2D eigenvalue weighted by atomic mass is 10.1. The Kier molecular flexibility index (Phi) is 4.74. The van der Waals surface area contributed by atoms with Gasteiger partial charge in [0.1, 0.15) is 11.6 Å². The van der Waals surface area contributed by atoms with E-state index in [2.05, 4.69) is 48.3 Å². The smallest absolute Gasteiger partial charge is 0.227 e. The van der Waals surface area contributed by atoms with Crippen molar-refractivity contribution in [2.24, 2.45) is 0 Å². The lowest BCUT2D eigenvalue weighted by Crippen LogP contribution is -2.47. The van der Waals surface area contributed by atoms with Crippen LogP contribution < -0.4 is 14.7 Å². The second-order valence-corrected chi connectivity index (χ2v) is 8.24. The molecular weight excluding hydrogens is 372 g/mol. The predicted octanol–water partition coefficient (Wildman–Crippen LogP) is 2.37. The van der Waals surface area contributed by atoms with Gasteiger partial charge in [0.2, 0.25) is 5.95 Å². The van der Waals surface area contributed by atoms with Crippen molar-refractivity contribution in [2.75, 3.05) is 54.0 Å². The minimum absolute atomic E-state index is 0.261. The second kappa shape index (κ2) is 7.52. The number of hydrogen-bond acceptors (Lipinski definition) is 8. The second-order valence-electron chi connectivity index (χ2n) is 7.43. The van der Waals surface area contributed by atoms with Crippen molar-refractivity contribution < 1.29 is 5.11 Å². The van der Waals surface area contributed by atoms with E-state index in [9.17, 15) is 5.11 Å². The molecule has 1 aromatic carbocycles. The number of piperazine rings is 1. The van der Waals surface area contributed by atoms with E-state index in [0.29, 0.717) is 6.54 Å². The fourth-order valence-corrected chi connectivity index (χ4v) is 4.85. The van der Waals surface area contributed by atoms with E-state index < -0.39 is 0 Å². The molecule has 146 valence electrons. The highest BCUT2D eigenvalue weighted by molar-refractivity contribution is 7.13. The molecule has 0 aliphatic carbocycles. The van der Waals surface area contributed by atoms with Gasteiger partial charge in [0, 0.05) is 50.9 Å². The van der Waals surface area contributed by atoms with Gasteiger partial charge in [0.25, 0.3) is 0 Å². The van der Waals surface area contributed by atoms with E-state index in [-0.39, 0.29) is 6.10 Å². The summed E-state index contributed by atoms with van der Waals surface area (Å²) in [6.45, 7) is 5.16. The molecule has 0 spiro atoms. The normalized spacial score (nSPS) is 20.8. The summed E-state index contributed by atoms with van der Waals surface area (Å²) in [6.07, 6.45) is 3.45. The van der Waals surface area contributed by atoms with Crippen LogP contribution in [0.15, 0.2) is 36.5 Å². The maximum Gasteiger partial charge on any atom is 0.227 e. The Balaban J connectivity index is 1.28. The third-order valence-electron chi connectivity index (χ3n) is 5.57. The Labute approximate surface area is 168 Å². The van der Waals surface area contributed by atoms with Crippen LogP contribution in [0, 0.1) is 0 Å². The number of nitrogens with zero attached hydrogens (tertiary/aromatic N) is 6. The first-order valence-corrected chi connectivity index (χ1v) is 10.7. The molecule has 28 heavy (non-hydrogen) atoms. The van der Waals surface area contributed by atoms with Crippen LogP contribution in [-0.4, -0.2) is 64.8 Å². The van der Waals surface area contributed by atoms with E-state index in [4.69, 9.17) is 4.98 Å². The van der Waals surface area contributed by atoms with Crippen LogP contribution in [-0.2, 0) is 0 Å². The van der Waals surface area contributed by atoms with Crippen LogP contribution in [0.4, 0.5) is 17.6 Å². The largest absolute Gasteiger partial charge is 0.391 e. The zero-order valence-electron chi connectivity index (χ0n) is 15.7. The highest BCUT2D eigenvalue weighted by atomic mass is 32.1. The Morgan fingerprint density at radius 2 is 1.79 bits per heavy atom. The third-order valence-corrected chi connectivity index (χ3v) is 6.39. The zero-order chi connectivity index (χ0) is 18.9. The molecule has 2 fully saturated rings. The number of aliphatic hydroxyl groups is 1. The molecule has 0 saturated carbocycles. The van der Waals surface area contributed by atoms with Crippen molar-refractivity contribution in [3.05, 3.63) is 36.5 Å². The van der Waals surface area contributed by atoms with Crippen LogP contribution in [0.25, 0.3) is 10.1 Å². The lowest BCUT2D eigenvalue weighted by Gasteiger charge is -2.36. The first-order chi connectivity index (χ1) is 13.8. The van der Waals surface area contributed by atoms with Crippen LogP contribution in [0.1, 0.15) is 12.8 Å². The maximum absolute atomic E-state index is 9.95. The molecule has 0 bridgehead atoms. The molecule has 8 heteroatoms. The number of aromatic nitrogens is 3. The summed E-state index contributed by atoms with van der Waals surface area (Å²) in [5.74, 6) is 2.79. The van der Waals surface area contributed by atoms with E-state index in [0.717, 1.165) is 63.1 Å². The Morgan fingerprint density at radius 3 is 2.64 bits per heavy atom.